The third-order valence-corrected chi connectivity index (χ3v) is 5.50. The lowest BCUT2D eigenvalue weighted by atomic mass is 10.1. The van der Waals surface area contributed by atoms with E-state index in [-0.39, 0.29) is 0 Å². The molecule has 4 aromatic rings. The van der Waals surface area contributed by atoms with E-state index in [1.165, 1.54) is 11.1 Å². The lowest BCUT2D eigenvalue weighted by molar-refractivity contribution is 0.817. The normalized spacial score (nSPS) is 11.3. The van der Waals surface area contributed by atoms with Gasteiger partial charge in [0.1, 0.15) is 17.0 Å². The number of aryl methyl sites for hydroxylation is 2. The fraction of sp³-hybridized carbons (Fsp3) is 0.250. The predicted molar refractivity (Wildman–Crippen MR) is 105 cm³/mol. The topological polar surface area (TPSA) is 41.9 Å². The summed E-state index contributed by atoms with van der Waals surface area (Å²) in [6.45, 7) is 8.06. The summed E-state index contributed by atoms with van der Waals surface area (Å²) in [6.07, 6.45) is 1.68. The third kappa shape index (κ3) is 2.85. The van der Waals surface area contributed by atoms with E-state index in [2.05, 4.69) is 59.0 Å². The Hall–Kier alpha value is -2.53. The molecule has 3 heterocycles. The molecule has 126 valence electrons. The van der Waals surface area contributed by atoms with Gasteiger partial charge in [0, 0.05) is 24.2 Å². The van der Waals surface area contributed by atoms with Crippen molar-refractivity contribution in [2.75, 3.05) is 11.4 Å². The summed E-state index contributed by atoms with van der Waals surface area (Å²) in [4.78, 5) is 17.3. The second-order valence-electron chi connectivity index (χ2n) is 6.24. The molecule has 0 spiro atoms. The lowest BCUT2D eigenvalue weighted by Gasteiger charge is -2.22. The Morgan fingerprint density at radius 3 is 2.64 bits per heavy atom. The standard InChI is InChI=1S/C20H20N4S/c1-4-24(11-15-8-6-5-7-9-15)19-18-17(21-12-22-19)16-13(2)10-14(3)23-20(16)25-18/h5-10,12H,4,11H2,1-3H3. The number of nitrogens with zero attached hydrogens (tertiary/aromatic N) is 4. The van der Waals surface area contributed by atoms with E-state index in [0.29, 0.717) is 0 Å². The molecule has 1 aromatic carbocycles. The first-order valence-corrected chi connectivity index (χ1v) is 9.29. The van der Waals surface area contributed by atoms with E-state index in [0.717, 1.165) is 45.0 Å². The summed E-state index contributed by atoms with van der Waals surface area (Å²) in [5, 5.41) is 1.16. The highest BCUT2D eigenvalue weighted by Crippen LogP contribution is 2.38. The zero-order valence-corrected chi connectivity index (χ0v) is 15.5. The number of pyridine rings is 1. The van der Waals surface area contributed by atoms with Crippen LogP contribution in [0.3, 0.4) is 0 Å². The average Bonchev–Trinajstić information content (AvgIpc) is 2.99. The van der Waals surface area contributed by atoms with E-state index >= 15 is 0 Å². The van der Waals surface area contributed by atoms with Crippen LogP contribution in [0.5, 0.6) is 0 Å². The predicted octanol–water partition coefficient (Wildman–Crippen LogP) is 4.88. The molecule has 0 fully saturated rings. The quantitative estimate of drug-likeness (QED) is 0.527. The molecule has 0 aliphatic rings. The van der Waals surface area contributed by atoms with Gasteiger partial charge in [0.25, 0.3) is 0 Å². The molecule has 0 N–H and O–H groups in total. The summed E-state index contributed by atoms with van der Waals surface area (Å²) in [6, 6.07) is 12.6. The van der Waals surface area contributed by atoms with Gasteiger partial charge < -0.3 is 4.90 Å². The van der Waals surface area contributed by atoms with Gasteiger partial charge in [0.15, 0.2) is 0 Å². The largest absolute Gasteiger partial charge is 0.351 e. The summed E-state index contributed by atoms with van der Waals surface area (Å²) in [5.41, 5.74) is 4.57. The van der Waals surface area contributed by atoms with Crippen LogP contribution in [-0.4, -0.2) is 21.5 Å². The van der Waals surface area contributed by atoms with Crippen LogP contribution in [0.4, 0.5) is 5.82 Å². The molecule has 25 heavy (non-hydrogen) atoms. The summed E-state index contributed by atoms with van der Waals surface area (Å²) in [7, 11) is 0. The van der Waals surface area contributed by atoms with E-state index in [4.69, 9.17) is 4.98 Å². The minimum Gasteiger partial charge on any atom is -0.351 e. The zero-order chi connectivity index (χ0) is 17.4. The molecule has 0 aliphatic carbocycles. The number of hydrogen-bond acceptors (Lipinski definition) is 5. The lowest BCUT2D eigenvalue weighted by Crippen LogP contribution is -2.23. The highest BCUT2D eigenvalue weighted by Gasteiger charge is 2.18. The molecule has 4 nitrogen and oxygen atoms in total. The van der Waals surface area contributed by atoms with Gasteiger partial charge in [0.05, 0.1) is 10.2 Å². The van der Waals surface area contributed by atoms with E-state index < -0.39 is 0 Å². The average molecular weight is 348 g/mol. The number of fused-ring (bicyclic) bond motifs is 3. The minimum atomic E-state index is 0.836. The molecule has 0 unspecified atom stereocenters. The van der Waals surface area contributed by atoms with Gasteiger partial charge in [-0.1, -0.05) is 30.3 Å². The van der Waals surface area contributed by atoms with Crippen molar-refractivity contribution in [1.82, 2.24) is 15.0 Å². The Morgan fingerprint density at radius 2 is 1.88 bits per heavy atom. The molecular weight excluding hydrogens is 328 g/mol. The van der Waals surface area contributed by atoms with Gasteiger partial charge in [0.2, 0.25) is 0 Å². The number of hydrogen-bond donors (Lipinski definition) is 0. The van der Waals surface area contributed by atoms with Crippen LogP contribution in [0.15, 0.2) is 42.7 Å². The van der Waals surface area contributed by atoms with Gasteiger partial charge in [-0.2, -0.15) is 0 Å². The van der Waals surface area contributed by atoms with Crippen LogP contribution >= 0.6 is 11.3 Å². The fourth-order valence-corrected chi connectivity index (χ4v) is 4.53. The van der Waals surface area contributed by atoms with Gasteiger partial charge in [-0.3, -0.25) is 0 Å². The van der Waals surface area contributed by atoms with Crippen molar-refractivity contribution in [2.45, 2.75) is 27.3 Å². The number of benzene rings is 1. The second-order valence-corrected chi connectivity index (χ2v) is 7.24. The highest BCUT2D eigenvalue weighted by molar-refractivity contribution is 7.26. The molecule has 0 saturated carbocycles. The molecule has 3 aromatic heterocycles. The molecule has 0 amide bonds. The Morgan fingerprint density at radius 1 is 1.08 bits per heavy atom. The first-order valence-electron chi connectivity index (χ1n) is 8.47. The molecular formula is C20H20N4S. The van der Waals surface area contributed by atoms with Crippen LogP contribution in [0.2, 0.25) is 0 Å². The smallest absolute Gasteiger partial charge is 0.150 e. The van der Waals surface area contributed by atoms with Crippen molar-refractivity contribution in [1.29, 1.82) is 0 Å². The maximum atomic E-state index is 4.72. The number of rotatable bonds is 4. The maximum Gasteiger partial charge on any atom is 0.150 e. The van der Waals surface area contributed by atoms with Gasteiger partial charge >= 0.3 is 0 Å². The second kappa shape index (κ2) is 6.41. The fourth-order valence-electron chi connectivity index (χ4n) is 3.26. The summed E-state index contributed by atoms with van der Waals surface area (Å²) in [5.74, 6) is 0.997. The van der Waals surface area contributed by atoms with E-state index in [1.54, 1.807) is 17.7 Å². The van der Waals surface area contributed by atoms with Crippen molar-refractivity contribution < 1.29 is 0 Å². The minimum absolute atomic E-state index is 0.836. The van der Waals surface area contributed by atoms with Crippen LogP contribution in [0.25, 0.3) is 20.4 Å². The van der Waals surface area contributed by atoms with Crippen molar-refractivity contribution in [3.8, 4) is 0 Å². The van der Waals surface area contributed by atoms with E-state index in [1.807, 2.05) is 13.0 Å². The summed E-state index contributed by atoms with van der Waals surface area (Å²) < 4.78 is 1.12. The van der Waals surface area contributed by atoms with Gasteiger partial charge in [-0.15, -0.1) is 11.3 Å². The third-order valence-electron chi connectivity index (χ3n) is 4.43. The van der Waals surface area contributed by atoms with Crippen LogP contribution in [0, 0.1) is 13.8 Å². The van der Waals surface area contributed by atoms with Crippen molar-refractivity contribution in [3.63, 3.8) is 0 Å². The zero-order valence-electron chi connectivity index (χ0n) is 14.7. The molecule has 5 heteroatoms. The molecule has 0 bridgehead atoms. The molecule has 0 saturated heterocycles. The van der Waals surface area contributed by atoms with Crippen molar-refractivity contribution >= 4 is 37.6 Å². The number of anilines is 1. The van der Waals surface area contributed by atoms with Crippen molar-refractivity contribution in [2.24, 2.45) is 0 Å². The van der Waals surface area contributed by atoms with Gasteiger partial charge in [-0.05, 0) is 38.0 Å². The molecule has 0 atom stereocenters. The summed E-state index contributed by atoms with van der Waals surface area (Å²) >= 11 is 1.69. The Bertz CT molecular complexity index is 1040. The molecule has 0 radical (unpaired) electrons. The van der Waals surface area contributed by atoms with Crippen LogP contribution in [0.1, 0.15) is 23.7 Å². The van der Waals surface area contributed by atoms with Gasteiger partial charge in [-0.25, -0.2) is 15.0 Å². The highest BCUT2D eigenvalue weighted by atomic mass is 32.1. The SMILES string of the molecule is CCN(Cc1ccccc1)c1ncnc2c1sc1nc(C)cc(C)c12. The van der Waals surface area contributed by atoms with Crippen LogP contribution < -0.4 is 4.90 Å². The first kappa shape index (κ1) is 16.0. The Kier molecular flexibility index (Phi) is 4.09. The molecule has 4 rings (SSSR count). The maximum absolute atomic E-state index is 4.72. The first-order chi connectivity index (χ1) is 12.2. The Balaban J connectivity index is 1.87. The van der Waals surface area contributed by atoms with Crippen molar-refractivity contribution in [3.05, 3.63) is 59.5 Å². The van der Waals surface area contributed by atoms with E-state index in [9.17, 15) is 0 Å². The monoisotopic (exact) mass is 348 g/mol. The number of thiophene rings is 1. The molecule has 0 aliphatic heterocycles. The Labute approximate surface area is 151 Å². The number of aromatic nitrogens is 3. The van der Waals surface area contributed by atoms with Crippen LogP contribution in [-0.2, 0) is 6.54 Å².